The van der Waals surface area contributed by atoms with Crippen LogP contribution in [0, 0.1) is 0 Å². The summed E-state index contributed by atoms with van der Waals surface area (Å²) in [6, 6.07) is 24.2. The Balaban J connectivity index is 1.48. The van der Waals surface area contributed by atoms with Crippen LogP contribution < -0.4 is 16.0 Å². The molecule has 0 spiro atoms. The Morgan fingerprint density at radius 2 is 1.48 bits per heavy atom. The van der Waals surface area contributed by atoms with Gasteiger partial charge < -0.3 is 16.0 Å². The standard InChI is InChI=1S/C23H22ClN3O2/c24-20-11-4-5-12-21(20)27-23(29)16-25-18-9-6-10-19(15-18)26-22(28)14-13-17-7-2-1-3-8-17/h1-12,15,25H,13-14,16H2,(H,26,28)(H,27,29). The van der Waals surface area contributed by atoms with Crippen molar-refractivity contribution in [3.8, 4) is 0 Å². The van der Waals surface area contributed by atoms with Gasteiger partial charge in [-0.1, -0.05) is 60.1 Å². The fourth-order valence-corrected chi connectivity index (χ4v) is 2.96. The molecule has 3 rings (SSSR count). The van der Waals surface area contributed by atoms with E-state index < -0.39 is 0 Å². The van der Waals surface area contributed by atoms with E-state index >= 15 is 0 Å². The molecule has 0 saturated heterocycles. The molecule has 0 unspecified atom stereocenters. The summed E-state index contributed by atoms with van der Waals surface area (Å²) in [4.78, 5) is 24.3. The number of amides is 2. The van der Waals surface area contributed by atoms with Gasteiger partial charge in [0.15, 0.2) is 0 Å². The summed E-state index contributed by atoms with van der Waals surface area (Å²) in [6.07, 6.45) is 1.09. The molecule has 0 aliphatic rings. The second-order valence-electron chi connectivity index (χ2n) is 6.50. The molecule has 0 aromatic heterocycles. The van der Waals surface area contributed by atoms with Crippen LogP contribution in [0.2, 0.25) is 5.02 Å². The minimum absolute atomic E-state index is 0.0533. The van der Waals surface area contributed by atoms with Gasteiger partial charge >= 0.3 is 0 Å². The lowest BCUT2D eigenvalue weighted by Crippen LogP contribution is -2.22. The van der Waals surface area contributed by atoms with E-state index in [1.54, 1.807) is 30.3 Å². The van der Waals surface area contributed by atoms with E-state index in [1.807, 2.05) is 48.5 Å². The zero-order chi connectivity index (χ0) is 20.5. The topological polar surface area (TPSA) is 70.2 Å². The van der Waals surface area contributed by atoms with Crippen LogP contribution in [0.3, 0.4) is 0 Å². The average molecular weight is 408 g/mol. The lowest BCUT2D eigenvalue weighted by molar-refractivity contribution is -0.116. The summed E-state index contributed by atoms with van der Waals surface area (Å²) in [7, 11) is 0. The fraction of sp³-hybridized carbons (Fsp3) is 0.130. The molecule has 0 saturated carbocycles. The normalized spacial score (nSPS) is 10.2. The summed E-state index contributed by atoms with van der Waals surface area (Å²) >= 11 is 6.04. The molecular weight excluding hydrogens is 386 g/mol. The fourth-order valence-electron chi connectivity index (χ4n) is 2.77. The molecule has 0 bridgehead atoms. The second kappa shape index (κ2) is 10.3. The summed E-state index contributed by atoms with van der Waals surface area (Å²) in [5, 5.41) is 9.18. The van der Waals surface area contributed by atoms with E-state index in [9.17, 15) is 9.59 Å². The Morgan fingerprint density at radius 1 is 0.759 bits per heavy atom. The van der Waals surface area contributed by atoms with Crippen LogP contribution in [0.5, 0.6) is 0 Å². The monoisotopic (exact) mass is 407 g/mol. The quantitative estimate of drug-likeness (QED) is 0.494. The molecule has 6 heteroatoms. The SMILES string of the molecule is O=C(CCc1ccccc1)Nc1cccc(NCC(=O)Nc2ccccc2Cl)c1. The zero-order valence-electron chi connectivity index (χ0n) is 15.8. The number of carbonyl (C=O) groups is 2. The van der Waals surface area contributed by atoms with Crippen LogP contribution in [-0.2, 0) is 16.0 Å². The maximum atomic E-state index is 12.2. The van der Waals surface area contributed by atoms with Crippen LogP contribution in [-0.4, -0.2) is 18.4 Å². The molecule has 3 N–H and O–H groups in total. The predicted octanol–water partition coefficient (Wildman–Crippen LogP) is 4.96. The first-order valence-electron chi connectivity index (χ1n) is 9.32. The van der Waals surface area contributed by atoms with Gasteiger partial charge in [0.1, 0.15) is 0 Å². The largest absolute Gasteiger partial charge is 0.376 e. The molecule has 0 aliphatic carbocycles. The van der Waals surface area contributed by atoms with E-state index in [2.05, 4.69) is 16.0 Å². The van der Waals surface area contributed by atoms with Gasteiger partial charge in [-0.15, -0.1) is 0 Å². The van der Waals surface area contributed by atoms with Gasteiger partial charge in [-0.3, -0.25) is 9.59 Å². The van der Waals surface area contributed by atoms with Gasteiger partial charge in [-0.25, -0.2) is 0 Å². The first-order chi connectivity index (χ1) is 14.1. The van der Waals surface area contributed by atoms with Crippen molar-refractivity contribution in [3.63, 3.8) is 0 Å². The number of hydrogen-bond donors (Lipinski definition) is 3. The highest BCUT2D eigenvalue weighted by atomic mass is 35.5. The van der Waals surface area contributed by atoms with Gasteiger partial charge in [0.2, 0.25) is 11.8 Å². The maximum absolute atomic E-state index is 12.2. The Kier molecular flexibility index (Phi) is 7.25. The third-order valence-electron chi connectivity index (χ3n) is 4.23. The van der Waals surface area contributed by atoms with Crippen LogP contribution in [0.4, 0.5) is 17.1 Å². The molecule has 0 atom stereocenters. The number of rotatable bonds is 8. The number of para-hydroxylation sites is 1. The molecule has 5 nitrogen and oxygen atoms in total. The van der Waals surface area contributed by atoms with Crippen molar-refractivity contribution in [1.82, 2.24) is 0 Å². The second-order valence-corrected chi connectivity index (χ2v) is 6.90. The Morgan fingerprint density at radius 3 is 2.28 bits per heavy atom. The number of halogens is 1. The lowest BCUT2D eigenvalue weighted by Gasteiger charge is -2.11. The van der Waals surface area contributed by atoms with Gasteiger partial charge in [-0.2, -0.15) is 0 Å². The third kappa shape index (κ3) is 6.66. The Bertz CT molecular complexity index is 977. The highest BCUT2D eigenvalue weighted by Gasteiger charge is 2.07. The van der Waals surface area contributed by atoms with E-state index in [4.69, 9.17) is 11.6 Å². The molecule has 0 fully saturated rings. The smallest absolute Gasteiger partial charge is 0.243 e. The molecular formula is C23H22ClN3O2. The molecule has 2 amide bonds. The number of benzene rings is 3. The van der Waals surface area contributed by atoms with E-state index in [0.29, 0.717) is 29.2 Å². The van der Waals surface area contributed by atoms with Crippen molar-refractivity contribution in [2.45, 2.75) is 12.8 Å². The lowest BCUT2D eigenvalue weighted by atomic mass is 10.1. The Labute approximate surface area is 175 Å². The summed E-state index contributed by atoms with van der Waals surface area (Å²) in [6.45, 7) is 0.0800. The van der Waals surface area contributed by atoms with E-state index in [-0.39, 0.29) is 18.4 Å². The average Bonchev–Trinajstić information content (AvgIpc) is 2.73. The molecule has 148 valence electrons. The van der Waals surface area contributed by atoms with Crippen LogP contribution >= 0.6 is 11.6 Å². The highest BCUT2D eigenvalue weighted by Crippen LogP contribution is 2.20. The number of aryl methyl sites for hydroxylation is 1. The zero-order valence-corrected chi connectivity index (χ0v) is 16.6. The number of hydrogen-bond acceptors (Lipinski definition) is 3. The molecule has 0 aliphatic heterocycles. The highest BCUT2D eigenvalue weighted by molar-refractivity contribution is 6.33. The number of carbonyl (C=O) groups excluding carboxylic acids is 2. The van der Waals surface area contributed by atoms with Crippen molar-refractivity contribution in [1.29, 1.82) is 0 Å². The molecule has 29 heavy (non-hydrogen) atoms. The Hall–Kier alpha value is -3.31. The minimum Gasteiger partial charge on any atom is -0.376 e. The van der Waals surface area contributed by atoms with Gasteiger partial charge in [0.05, 0.1) is 17.3 Å². The van der Waals surface area contributed by atoms with Crippen molar-refractivity contribution in [2.75, 3.05) is 22.5 Å². The van der Waals surface area contributed by atoms with Crippen molar-refractivity contribution in [3.05, 3.63) is 89.4 Å². The summed E-state index contributed by atoms with van der Waals surface area (Å²) < 4.78 is 0. The molecule has 3 aromatic rings. The summed E-state index contributed by atoms with van der Waals surface area (Å²) in [5.74, 6) is -0.266. The number of anilines is 3. The van der Waals surface area contributed by atoms with Crippen LogP contribution in [0.1, 0.15) is 12.0 Å². The first-order valence-corrected chi connectivity index (χ1v) is 9.70. The van der Waals surface area contributed by atoms with Gasteiger partial charge in [-0.05, 0) is 42.3 Å². The van der Waals surface area contributed by atoms with Gasteiger partial charge in [0, 0.05) is 17.8 Å². The van der Waals surface area contributed by atoms with Crippen molar-refractivity contribution < 1.29 is 9.59 Å². The number of nitrogens with one attached hydrogen (secondary N) is 3. The van der Waals surface area contributed by atoms with E-state index in [0.717, 1.165) is 11.3 Å². The van der Waals surface area contributed by atoms with E-state index in [1.165, 1.54) is 0 Å². The minimum atomic E-state index is -0.213. The maximum Gasteiger partial charge on any atom is 0.243 e. The molecule has 3 aromatic carbocycles. The first kappa shape index (κ1) is 20.4. The predicted molar refractivity (Wildman–Crippen MR) is 118 cm³/mol. The third-order valence-corrected chi connectivity index (χ3v) is 4.56. The van der Waals surface area contributed by atoms with Crippen LogP contribution in [0.15, 0.2) is 78.9 Å². The van der Waals surface area contributed by atoms with Crippen molar-refractivity contribution >= 4 is 40.5 Å². The van der Waals surface area contributed by atoms with Crippen molar-refractivity contribution in [2.24, 2.45) is 0 Å². The van der Waals surface area contributed by atoms with Crippen LogP contribution in [0.25, 0.3) is 0 Å². The van der Waals surface area contributed by atoms with Gasteiger partial charge in [0.25, 0.3) is 0 Å². The molecule has 0 radical (unpaired) electrons. The molecule has 0 heterocycles. The summed E-state index contributed by atoms with van der Waals surface area (Å²) in [5.41, 5.74) is 3.11.